The van der Waals surface area contributed by atoms with E-state index in [4.69, 9.17) is 15.2 Å². The fourth-order valence-corrected chi connectivity index (χ4v) is 1.95. The molecule has 0 amide bonds. The maximum absolute atomic E-state index is 5.78. The van der Waals surface area contributed by atoms with Gasteiger partial charge in [-0.1, -0.05) is 0 Å². The van der Waals surface area contributed by atoms with E-state index < -0.39 is 0 Å². The number of hydrogen-bond donors (Lipinski definition) is 2. The molecule has 0 aromatic rings. The third kappa shape index (κ3) is 8.83. The first-order chi connectivity index (χ1) is 8.97. The highest BCUT2D eigenvalue weighted by Crippen LogP contribution is 2.14. The average Bonchev–Trinajstić information content (AvgIpc) is 2.32. The van der Waals surface area contributed by atoms with Crippen molar-refractivity contribution in [2.45, 2.75) is 45.6 Å². The Morgan fingerprint density at radius 2 is 2.05 bits per heavy atom. The van der Waals surface area contributed by atoms with E-state index in [-0.39, 0.29) is 5.54 Å². The number of nitrogens with one attached hydrogen (secondary N) is 1. The van der Waals surface area contributed by atoms with Crippen LogP contribution in [0.1, 0.15) is 40.0 Å². The van der Waals surface area contributed by atoms with Crippen molar-refractivity contribution in [3.63, 3.8) is 0 Å². The van der Waals surface area contributed by atoms with Gasteiger partial charge in [0.2, 0.25) is 0 Å². The quantitative estimate of drug-likeness (QED) is 0.436. The lowest BCUT2D eigenvalue weighted by Gasteiger charge is -2.21. The predicted molar refractivity (Wildman–Crippen MR) is 78.4 cm³/mol. The molecule has 0 unspecified atom stereocenters. The van der Waals surface area contributed by atoms with Crippen LogP contribution in [0.25, 0.3) is 0 Å². The summed E-state index contributed by atoms with van der Waals surface area (Å²) in [7, 11) is 0. The van der Waals surface area contributed by atoms with Gasteiger partial charge in [-0.2, -0.15) is 0 Å². The van der Waals surface area contributed by atoms with E-state index in [0.29, 0.717) is 18.4 Å². The summed E-state index contributed by atoms with van der Waals surface area (Å²) in [6.07, 6.45) is 3.16. The van der Waals surface area contributed by atoms with Gasteiger partial charge in [0.1, 0.15) is 0 Å². The molecule has 1 fully saturated rings. The molecule has 1 aliphatic rings. The number of rotatable bonds is 6. The van der Waals surface area contributed by atoms with Crippen LogP contribution in [0.5, 0.6) is 0 Å². The van der Waals surface area contributed by atoms with E-state index in [1.54, 1.807) is 0 Å². The van der Waals surface area contributed by atoms with Gasteiger partial charge < -0.3 is 20.5 Å². The zero-order valence-corrected chi connectivity index (χ0v) is 12.6. The second-order valence-corrected chi connectivity index (χ2v) is 6.13. The van der Waals surface area contributed by atoms with Crippen molar-refractivity contribution in [3.8, 4) is 0 Å². The van der Waals surface area contributed by atoms with Crippen LogP contribution in [-0.4, -0.2) is 44.5 Å². The van der Waals surface area contributed by atoms with Crippen LogP contribution in [0.2, 0.25) is 0 Å². The molecule has 19 heavy (non-hydrogen) atoms. The van der Waals surface area contributed by atoms with E-state index in [1.807, 2.05) is 0 Å². The molecule has 3 N–H and O–H groups in total. The highest BCUT2D eigenvalue weighted by Gasteiger charge is 2.13. The molecule has 0 aromatic heterocycles. The predicted octanol–water partition coefficient (Wildman–Crippen LogP) is 1.52. The summed E-state index contributed by atoms with van der Waals surface area (Å²) in [5, 5.41) is 3.13. The molecule has 0 radical (unpaired) electrons. The molecule has 0 bridgehead atoms. The monoisotopic (exact) mass is 271 g/mol. The summed E-state index contributed by atoms with van der Waals surface area (Å²) in [5.74, 6) is 1.18. The number of aliphatic imine (C=N–C) groups is 1. The fraction of sp³-hybridized carbons (Fsp3) is 0.929. The van der Waals surface area contributed by atoms with Crippen molar-refractivity contribution in [2.24, 2.45) is 16.6 Å². The minimum absolute atomic E-state index is 0.0346. The smallest absolute Gasteiger partial charge is 0.188 e. The molecule has 1 rings (SSSR count). The lowest BCUT2D eigenvalue weighted by atomic mass is 10.0. The SMILES string of the molecule is CC(C)(C)NC(N)=NCCCOCC1CCOCC1. The molecule has 0 saturated carbocycles. The Hall–Kier alpha value is -0.810. The van der Waals surface area contributed by atoms with Gasteiger partial charge in [0.25, 0.3) is 0 Å². The summed E-state index contributed by atoms with van der Waals surface area (Å²) in [5.41, 5.74) is 5.74. The first kappa shape index (κ1) is 16.2. The van der Waals surface area contributed by atoms with E-state index >= 15 is 0 Å². The minimum atomic E-state index is -0.0346. The summed E-state index contributed by atoms with van der Waals surface area (Å²) < 4.78 is 11.0. The van der Waals surface area contributed by atoms with Gasteiger partial charge in [0.05, 0.1) is 0 Å². The Balaban J connectivity index is 1.99. The Morgan fingerprint density at radius 3 is 2.68 bits per heavy atom. The largest absolute Gasteiger partial charge is 0.381 e. The Morgan fingerprint density at radius 1 is 1.37 bits per heavy atom. The summed E-state index contributed by atoms with van der Waals surface area (Å²) >= 11 is 0. The summed E-state index contributed by atoms with van der Waals surface area (Å²) in [6, 6.07) is 0. The van der Waals surface area contributed by atoms with E-state index in [2.05, 4.69) is 31.1 Å². The molecule has 112 valence electrons. The van der Waals surface area contributed by atoms with Crippen molar-refractivity contribution >= 4 is 5.96 Å². The van der Waals surface area contributed by atoms with Crippen molar-refractivity contribution in [2.75, 3.05) is 33.0 Å². The fourth-order valence-electron chi connectivity index (χ4n) is 1.95. The molecular formula is C14H29N3O2. The van der Waals surface area contributed by atoms with Gasteiger partial charge in [-0.15, -0.1) is 0 Å². The normalized spacial score (nSPS) is 18.6. The highest BCUT2D eigenvalue weighted by molar-refractivity contribution is 5.78. The standard InChI is InChI=1S/C14H29N3O2/c1-14(2,3)17-13(15)16-7-4-8-19-11-12-5-9-18-10-6-12/h12H,4-11H2,1-3H3,(H3,15,16,17). The number of ether oxygens (including phenoxy) is 2. The molecule has 1 aliphatic heterocycles. The van der Waals surface area contributed by atoms with Gasteiger partial charge in [0, 0.05) is 38.5 Å². The first-order valence-corrected chi connectivity index (χ1v) is 7.21. The molecule has 0 aliphatic carbocycles. The lowest BCUT2D eigenvalue weighted by Crippen LogP contribution is -2.45. The van der Waals surface area contributed by atoms with Crippen LogP contribution in [0.4, 0.5) is 0 Å². The van der Waals surface area contributed by atoms with Gasteiger partial charge in [-0.3, -0.25) is 4.99 Å². The highest BCUT2D eigenvalue weighted by atomic mass is 16.5. The van der Waals surface area contributed by atoms with Crippen molar-refractivity contribution in [3.05, 3.63) is 0 Å². The molecule has 1 heterocycles. The van der Waals surface area contributed by atoms with Crippen LogP contribution < -0.4 is 11.1 Å². The van der Waals surface area contributed by atoms with Crippen LogP contribution >= 0.6 is 0 Å². The average molecular weight is 271 g/mol. The van der Waals surface area contributed by atoms with E-state index in [0.717, 1.165) is 45.7 Å². The van der Waals surface area contributed by atoms with Crippen LogP contribution in [0.3, 0.4) is 0 Å². The van der Waals surface area contributed by atoms with E-state index in [9.17, 15) is 0 Å². The zero-order chi connectivity index (χ0) is 14.1. The topological polar surface area (TPSA) is 68.9 Å². The summed E-state index contributed by atoms with van der Waals surface area (Å²) in [6.45, 7) is 10.3. The third-order valence-electron chi connectivity index (χ3n) is 2.93. The van der Waals surface area contributed by atoms with Crippen LogP contribution in [0, 0.1) is 5.92 Å². The molecule has 0 spiro atoms. The molecule has 1 saturated heterocycles. The zero-order valence-electron chi connectivity index (χ0n) is 12.6. The van der Waals surface area contributed by atoms with Gasteiger partial charge in [0.15, 0.2) is 5.96 Å². The second kappa shape index (κ2) is 8.38. The maximum Gasteiger partial charge on any atom is 0.188 e. The van der Waals surface area contributed by atoms with Gasteiger partial charge in [-0.25, -0.2) is 0 Å². The molecule has 5 heteroatoms. The number of nitrogens with zero attached hydrogens (tertiary/aromatic N) is 1. The third-order valence-corrected chi connectivity index (χ3v) is 2.93. The van der Waals surface area contributed by atoms with Crippen molar-refractivity contribution in [1.29, 1.82) is 0 Å². The summed E-state index contributed by atoms with van der Waals surface area (Å²) in [4.78, 5) is 4.28. The van der Waals surface area contributed by atoms with Gasteiger partial charge >= 0.3 is 0 Å². The number of hydrogen-bond acceptors (Lipinski definition) is 3. The number of nitrogens with two attached hydrogens (primary N) is 1. The van der Waals surface area contributed by atoms with E-state index in [1.165, 1.54) is 0 Å². The maximum atomic E-state index is 5.78. The molecule has 0 atom stereocenters. The Bertz CT molecular complexity index is 268. The Labute approximate surface area is 116 Å². The molecule has 5 nitrogen and oxygen atoms in total. The molecular weight excluding hydrogens is 242 g/mol. The lowest BCUT2D eigenvalue weighted by molar-refractivity contribution is 0.0205. The van der Waals surface area contributed by atoms with Crippen molar-refractivity contribution in [1.82, 2.24) is 5.32 Å². The van der Waals surface area contributed by atoms with Crippen LogP contribution in [-0.2, 0) is 9.47 Å². The van der Waals surface area contributed by atoms with Gasteiger partial charge in [-0.05, 0) is 46.0 Å². The number of guanidine groups is 1. The van der Waals surface area contributed by atoms with Crippen molar-refractivity contribution < 1.29 is 9.47 Å². The second-order valence-electron chi connectivity index (χ2n) is 6.13. The Kier molecular flexibility index (Phi) is 7.16. The molecule has 0 aromatic carbocycles. The first-order valence-electron chi connectivity index (χ1n) is 7.21. The van der Waals surface area contributed by atoms with Crippen LogP contribution in [0.15, 0.2) is 4.99 Å². The minimum Gasteiger partial charge on any atom is -0.381 e.